The molecule has 1 unspecified atom stereocenters. The van der Waals surface area contributed by atoms with Crippen molar-refractivity contribution < 1.29 is 14.1 Å². The van der Waals surface area contributed by atoms with Crippen LogP contribution in [0.25, 0.3) is 0 Å². The minimum Gasteiger partial charge on any atom is -0.362 e. The molecular formula is C12H13FN2O3. The fraction of sp³-hybridized carbons (Fsp3) is 0.417. The highest BCUT2D eigenvalue weighted by molar-refractivity contribution is 5.67. The molecule has 6 heteroatoms. The van der Waals surface area contributed by atoms with Crippen molar-refractivity contribution in [2.75, 3.05) is 11.4 Å². The lowest BCUT2D eigenvalue weighted by Gasteiger charge is -2.34. The maximum absolute atomic E-state index is 13.5. The van der Waals surface area contributed by atoms with Gasteiger partial charge in [-0.3, -0.25) is 10.1 Å². The topological polar surface area (TPSA) is 63.5 Å². The lowest BCUT2D eigenvalue weighted by molar-refractivity contribution is -0.387. The zero-order chi connectivity index (χ0) is 13.1. The molecule has 0 N–H and O–H groups in total. The second-order valence-electron chi connectivity index (χ2n) is 4.29. The fourth-order valence-electron chi connectivity index (χ4n) is 2.24. The average Bonchev–Trinajstić information content (AvgIpc) is 2.38. The van der Waals surface area contributed by atoms with Gasteiger partial charge in [0.25, 0.3) is 0 Å². The summed E-state index contributed by atoms with van der Waals surface area (Å²) >= 11 is 0. The van der Waals surface area contributed by atoms with Gasteiger partial charge >= 0.3 is 5.69 Å². The fourth-order valence-corrected chi connectivity index (χ4v) is 2.24. The number of hydrogen-bond donors (Lipinski definition) is 0. The van der Waals surface area contributed by atoms with E-state index in [1.807, 2.05) is 0 Å². The number of carbonyl (C=O) groups is 1. The van der Waals surface area contributed by atoms with Gasteiger partial charge in [0.1, 0.15) is 6.29 Å². The van der Waals surface area contributed by atoms with Gasteiger partial charge in [-0.15, -0.1) is 0 Å². The number of aldehydes is 1. The van der Waals surface area contributed by atoms with E-state index in [2.05, 4.69) is 0 Å². The number of benzene rings is 1. The molecule has 1 aliphatic heterocycles. The van der Waals surface area contributed by atoms with E-state index in [4.69, 9.17) is 0 Å². The van der Waals surface area contributed by atoms with Gasteiger partial charge in [-0.1, -0.05) is 0 Å². The zero-order valence-corrected chi connectivity index (χ0v) is 9.71. The van der Waals surface area contributed by atoms with Gasteiger partial charge in [-0.25, -0.2) is 0 Å². The maximum Gasteiger partial charge on any atom is 0.304 e. The van der Waals surface area contributed by atoms with Crippen molar-refractivity contribution in [1.82, 2.24) is 0 Å². The molecule has 2 rings (SSSR count). The van der Waals surface area contributed by atoms with Crippen molar-refractivity contribution in [3.63, 3.8) is 0 Å². The van der Waals surface area contributed by atoms with Crippen LogP contribution in [0, 0.1) is 15.9 Å². The Labute approximate surface area is 103 Å². The van der Waals surface area contributed by atoms with E-state index in [0.717, 1.165) is 37.7 Å². The Morgan fingerprint density at radius 1 is 1.44 bits per heavy atom. The van der Waals surface area contributed by atoms with E-state index in [0.29, 0.717) is 12.2 Å². The van der Waals surface area contributed by atoms with Gasteiger partial charge in [0.2, 0.25) is 5.82 Å². The summed E-state index contributed by atoms with van der Waals surface area (Å²) in [5.41, 5.74) is -0.0201. The molecule has 1 atom stereocenters. The third-order valence-corrected chi connectivity index (χ3v) is 3.17. The monoisotopic (exact) mass is 252 g/mol. The van der Waals surface area contributed by atoms with Crippen LogP contribution in [-0.2, 0) is 4.79 Å². The SMILES string of the molecule is O=CC1CCCCN1c1ccc([N+](=O)[O-])c(F)c1. The molecule has 1 aromatic carbocycles. The Bertz CT molecular complexity index is 478. The molecule has 0 aliphatic carbocycles. The Kier molecular flexibility index (Phi) is 3.55. The summed E-state index contributed by atoms with van der Waals surface area (Å²) in [4.78, 5) is 22.5. The molecular weight excluding hydrogens is 239 g/mol. The predicted molar refractivity (Wildman–Crippen MR) is 64.1 cm³/mol. The molecule has 1 saturated heterocycles. The Morgan fingerprint density at radius 3 is 2.83 bits per heavy atom. The number of nitro benzene ring substituents is 1. The van der Waals surface area contributed by atoms with Crippen LogP contribution in [0.3, 0.4) is 0 Å². The minimum atomic E-state index is -0.868. The minimum absolute atomic E-state index is 0.264. The van der Waals surface area contributed by atoms with Crippen LogP contribution in [-0.4, -0.2) is 23.8 Å². The van der Waals surface area contributed by atoms with Crippen molar-refractivity contribution in [3.05, 3.63) is 34.1 Å². The van der Waals surface area contributed by atoms with Crippen molar-refractivity contribution in [2.45, 2.75) is 25.3 Å². The van der Waals surface area contributed by atoms with E-state index < -0.39 is 16.4 Å². The normalized spacial score (nSPS) is 19.6. The molecule has 5 nitrogen and oxygen atoms in total. The van der Waals surface area contributed by atoms with Crippen LogP contribution in [0.5, 0.6) is 0 Å². The molecule has 0 bridgehead atoms. The average molecular weight is 252 g/mol. The number of nitro groups is 1. The summed E-state index contributed by atoms with van der Waals surface area (Å²) in [6.07, 6.45) is 3.49. The van der Waals surface area contributed by atoms with Crippen LogP contribution in [0.1, 0.15) is 19.3 Å². The second-order valence-corrected chi connectivity index (χ2v) is 4.29. The molecule has 18 heavy (non-hydrogen) atoms. The molecule has 0 aromatic heterocycles. The second kappa shape index (κ2) is 5.12. The van der Waals surface area contributed by atoms with Crippen molar-refractivity contribution in [2.24, 2.45) is 0 Å². The van der Waals surface area contributed by atoms with Crippen LogP contribution >= 0.6 is 0 Å². The van der Waals surface area contributed by atoms with E-state index in [-0.39, 0.29) is 6.04 Å². The number of piperidine rings is 1. The summed E-state index contributed by atoms with van der Waals surface area (Å²) < 4.78 is 13.5. The van der Waals surface area contributed by atoms with Crippen LogP contribution in [0.2, 0.25) is 0 Å². The van der Waals surface area contributed by atoms with Gasteiger partial charge in [-0.2, -0.15) is 4.39 Å². The zero-order valence-electron chi connectivity index (χ0n) is 9.71. The van der Waals surface area contributed by atoms with E-state index in [1.165, 1.54) is 6.07 Å². The first-order valence-corrected chi connectivity index (χ1v) is 5.79. The van der Waals surface area contributed by atoms with Gasteiger partial charge in [0, 0.05) is 24.4 Å². The molecule has 1 aliphatic rings. The van der Waals surface area contributed by atoms with Gasteiger partial charge in [0.15, 0.2) is 0 Å². The Balaban J connectivity index is 2.30. The molecule has 1 fully saturated rings. The molecule has 0 spiro atoms. The molecule has 0 amide bonds. The smallest absolute Gasteiger partial charge is 0.304 e. The summed E-state index contributed by atoms with van der Waals surface area (Å²) in [5, 5.41) is 10.5. The van der Waals surface area contributed by atoms with Crippen molar-refractivity contribution in [3.8, 4) is 0 Å². The van der Waals surface area contributed by atoms with Crippen LogP contribution < -0.4 is 4.90 Å². The molecule has 96 valence electrons. The molecule has 1 heterocycles. The highest BCUT2D eigenvalue weighted by atomic mass is 19.1. The largest absolute Gasteiger partial charge is 0.362 e. The quantitative estimate of drug-likeness (QED) is 0.470. The van der Waals surface area contributed by atoms with Crippen LogP contribution in [0.4, 0.5) is 15.8 Å². The third kappa shape index (κ3) is 2.32. The van der Waals surface area contributed by atoms with E-state index in [9.17, 15) is 19.3 Å². The number of halogens is 1. The summed E-state index contributed by atoms with van der Waals surface area (Å²) in [6.45, 7) is 0.667. The van der Waals surface area contributed by atoms with Gasteiger partial charge in [0.05, 0.1) is 11.0 Å². The highest BCUT2D eigenvalue weighted by Crippen LogP contribution is 2.28. The van der Waals surface area contributed by atoms with E-state index in [1.54, 1.807) is 4.90 Å². The van der Waals surface area contributed by atoms with Gasteiger partial charge < -0.3 is 9.69 Å². The number of nitrogens with zero attached hydrogens (tertiary/aromatic N) is 2. The van der Waals surface area contributed by atoms with Crippen LogP contribution in [0.15, 0.2) is 18.2 Å². The van der Waals surface area contributed by atoms with Gasteiger partial charge in [-0.05, 0) is 25.3 Å². The Morgan fingerprint density at radius 2 is 2.22 bits per heavy atom. The predicted octanol–water partition coefficient (Wildman–Crippen LogP) is 2.29. The standard InChI is InChI=1S/C12H13FN2O3/c13-11-7-9(4-5-12(11)15(17)18)14-6-2-1-3-10(14)8-16/h4-5,7-8,10H,1-3,6H2. The number of carbonyl (C=O) groups excluding carboxylic acids is 1. The van der Waals surface area contributed by atoms with Crippen molar-refractivity contribution in [1.29, 1.82) is 0 Å². The summed E-state index contributed by atoms with van der Waals surface area (Å²) in [5.74, 6) is -0.868. The number of anilines is 1. The first-order chi connectivity index (χ1) is 8.63. The third-order valence-electron chi connectivity index (χ3n) is 3.17. The first kappa shape index (κ1) is 12.5. The summed E-state index contributed by atoms with van der Waals surface area (Å²) in [7, 11) is 0. The Hall–Kier alpha value is -1.98. The highest BCUT2D eigenvalue weighted by Gasteiger charge is 2.24. The molecule has 0 saturated carbocycles. The maximum atomic E-state index is 13.5. The number of hydrogen-bond acceptors (Lipinski definition) is 4. The lowest BCUT2D eigenvalue weighted by atomic mass is 10.0. The van der Waals surface area contributed by atoms with Crippen molar-refractivity contribution >= 4 is 17.7 Å². The van der Waals surface area contributed by atoms with E-state index >= 15 is 0 Å². The lowest BCUT2D eigenvalue weighted by Crippen LogP contribution is -2.40. The molecule has 0 radical (unpaired) electrons. The summed E-state index contributed by atoms with van der Waals surface area (Å²) in [6, 6.07) is 3.49. The number of rotatable bonds is 3. The molecule has 1 aromatic rings. The first-order valence-electron chi connectivity index (χ1n) is 5.79.